The third-order valence-corrected chi connectivity index (χ3v) is 6.25. The largest absolute Gasteiger partial charge is 0.352 e. The van der Waals surface area contributed by atoms with Crippen LogP contribution in [-0.4, -0.2) is 28.8 Å². The van der Waals surface area contributed by atoms with Gasteiger partial charge in [-0.3, -0.25) is 9.59 Å². The molecule has 2 amide bonds. The van der Waals surface area contributed by atoms with Crippen molar-refractivity contribution in [1.82, 2.24) is 10.2 Å². The van der Waals surface area contributed by atoms with Gasteiger partial charge in [0, 0.05) is 29.9 Å². The Kier molecular flexibility index (Phi) is 9.46. The molecule has 0 aromatic heterocycles. The lowest BCUT2D eigenvalue weighted by molar-refractivity contribution is -0.141. The van der Waals surface area contributed by atoms with Gasteiger partial charge in [-0.1, -0.05) is 88.2 Å². The highest BCUT2D eigenvalue weighted by molar-refractivity contribution is 9.10. The highest BCUT2D eigenvalue weighted by Gasteiger charge is 2.30. The molecule has 178 valence electrons. The average Bonchev–Trinajstić information content (AvgIpc) is 2.82. The van der Waals surface area contributed by atoms with Crippen molar-refractivity contribution in [2.24, 2.45) is 0 Å². The topological polar surface area (TPSA) is 49.4 Å². The normalized spacial score (nSPS) is 11.8. The van der Waals surface area contributed by atoms with E-state index in [1.165, 1.54) is 5.56 Å². The summed E-state index contributed by atoms with van der Waals surface area (Å²) in [5.41, 5.74) is 4.33. The molecule has 5 heteroatoms. The van der Waals surface area contributed by atoms with Gasteiger partial charge in [-0.15, -0.1) is 0 Å². The number of aryl methyl sites for hydroxylation is 2. The summed E-state index contributed by atoms with van der Waals surface area (Å²) in [7, 11) is 0. The Morgan fingerprint density at radius 1 is 0.853 bits per heavy atom. The van der Waals surface area contributed by atoms with Crippen LogP contribution in [0.4, 0.5) is 0 Å². The second-order valence-electron chi connectivity index (χ2n) is 9.00. The van der Waals surface area contributed by atoms with Crippen LogP contribution in [-0.2, 0) is 29.0 Å². The van der Waals surface area contributed by atoms with Crippen molar-refractivity contribution >= 4 is 27.7 Å². The lowest BCUT2D eigenvalue weighted by Gasteiger charge is -2.32. The fourth-order valence-corrected chi connectivity index (χ4v) is 4.14. The van der Waals surface area contributed by atoms with Crippen molar-refractivity contribution in [1.29, 1.82) is 0 Å². The second-order valence-corrected chi connectivity index (χ2v) is 9.92. The minimum absolute atomic E-state index is 0.0111. The maximum atomic E-state index is 13.6. The van der Waals surface area contributed by atoms with E-state index in [2.05, 4.69) is 52.4 Å². The molecule has 1 atom stereocenters. The Hall–Kier alpha value is -2.92. The molecule has 34 heavy (non-hydrogen) atoms. The van der Waals surface area contributed by atoms with Gasteiger partial charge >= 0.3 is 0 Å². The SMILES string of the molecule is Cc1ccc(CCC(=O)N(Cc2ccc(Br)cc2)[C@H](Cc2ccccc2)C(=O)NC(C)C)cc1. The first-order chi connectivity index (χ1) is 16.3. The van der Waals surface area contributed by atoms with E-state index in [-0.39, 0.29) is 17.9 Å². The predicted molar refractivity (Wildman–Crippen MR) is 141 cm³/mol. The number of carbonyl (C=O) groups excluding carboxylic acids is 2. The molecule has 0 saturated carbocycles. The van der Waals surface area contributed by atoms with E-state index in [0.717, 1.165) is 21.2 Å². The molecule has 0 bridgehead atoms. The summed E-state index contributed by atoms with van der Waals surface area (Å²) >= 11 is 3.48. The van der Waals surface area contributed by atoms with Gasteiger partial charge in [-0.05, 0) is 56.0 Å². The van der Waals surface area contributed by atoms with Crippen molar-refractivity contribution < 1.29 is 9.59 Å². The first kappa shape index (κ1) is 25.7. The van der Waals surface area contributed by atoms with E-state index in [1.54, 1.807) is 4.90 Å². The number of nitrogens with zero attached hydrogens (tertiary/aromatic N) is 1. The van der Waals surface area contributed by atoms with Crippen molar-refractivity contribution in [2.75, 3.05) is 0 Å². The second kappa shape index (κ2) is 12.5. The molecule has 0 fully saturated rings. The average molecular weight is 521 g/mol. The van der Waals surface area contributed by atoms with Gasteiger partial charge in [0.2, 0.25) is 11.8 Å². The number of hydrogen-bond donors (Lipinski definition) is 1. The third-order valence-electron chi connectivity index (χ3n) is 5.72. The minimum Gasteiger partial charge on any atom is -0.352 e. The Morgan fingerprint density at radius 3 is 2.09 bits per heavy atom. The molecule has 0 radical (unpaired) electrons. The first-order valence-electron chi connectivity index (χ1n) is 11.8. The summed E-state index contributed by atoms with van der Waals surface area (Å²) in [6.07, 6.45) is 1.45. The third kappa shape index (κ3) is 7.84. The monoisotopic (exact) mass is 520 g/mol. The summed E-state index contributed by atoms with van der Waals surface area (Å²) in [4.78, 5) is 28.7. The van der Waals surface area contributed by atoms with Crippen molar-refractivity contribution in [3.05, 3.63) is 106 Å². The number of hydrogen-bond acceptors (Lipinski definition) is 2. The highest BCUT2D eigenvalue weighted by Crippen LogP contribution is 2.19. The zero-order valence-electron chi connectivity index (χ0n) is 20.1. The number of nitrogens with one attached hydrogen (secondary N) is 1. The van der Waals surface area contributed by atoms with E-state index < -0.39 is 6.04 Å². The first-order valence-corrected chi connectivity index (χ1v) is 12.5. The lowest BCUT2D eigenvalue weighted by atomic mass is 10.0. The summed E-state index contributed by atoms with van der Waals surface area (Å²) in [5, 5.41) is 3.03. The molecule has 3 aromatic rings. The molecule has 3 aromatic carbocycles. The van der Waals surface area contributed by atoms with E-state index in [4.69, 9.17) is 0 Å². The van der Waals surface area contributed by atoms with Crippen molar-refractivity contribution in [2.45, 2.75) is 58.7 Å². The number of amides is 2. The van der Waals surface area contributed by atoms with Crippen molar-refractivity contribution in [3.63, 3.8) is 0 Å². The maximum Gasteiger partial charge on any atom is 0.243 e. The van der Waals surface area contributed by atoms with Crippen molar-refractivity contribution in [3.8, 4) is 0 Å². The van der Waals surface area contributed by atoms with Gasteiger partial charge in [0.05, 0.1) is 0 Å². The molecule has 0 spiro atoms. The molecule has 4 nitrogen and oxygen atoms in total. The van der Waals surface area contributed by atoms with E-state index in [1.807, 2.05) is 68.4 Å². The van der Waals surface area contributed by atoms with E-state index in [9.17, 15) is 9.59 Å². The molecule has 1 N–H and O–H groups in total. The summed E-state index contributed by atoms with van der Waals surface area (Å²) in [6.45, 7) is 6.31. The van der Waals surface area contributed by atoms with Gasteiger partial charge in [0.1, 0.15) is 6.04 Å². The Balaban J connectivity index is 1.89. The summed E-state index contributed by atoms with van der Waals surface area (Å²) in [6, 6.07) is 25.4. The zero-order valence-corrected chi connectivity index (χ0v) is 21.7. The van der Waals surface area contributed by atoms with Crippen LogP contribution in [0, 0.1) is 6.92 Å². The van der Waals surface area contributed by atoms with Crippen LogP contribution in [0.25, 0.3) is 0 Å². The summed E-state index contributed by atoms with van der Waals surface area (Å²) in [5.74, 6) is -0.150. The van der Waals surface area contributed by atoms with Crippen LogP contribution in [0.5, 0.6) is 0 Å². The lowest BCUT2D eigenvalue weighted by Crippen LogP contribution is -2.51. The van der Waals surface area contributed by atoms with Gasteiger partial charge in [0.25, 0.3) is 0 Å². The molecule has 0 aliphatic carbocycles. The van der Waals surface area contributed by atoms with Gasteiger partial charge < -0.3 is 10.2 Å². The minimum atomic E-state index is -0.598. The number of rotatable bonds is 10. The summed E-state index contributed by atoms with van der Waals surface area (Å²) < 4.78 is 0.979. The number of carbonyl (C=O) groups is 2. The molecular formula is C29H33BrN2O2. The van der Waals surface area contributed by atoms with Gasteiger partial charge in [0.15, 0.2) is 0 Å². The number of benzene rings is 3. The molecular weight excluding hydrogens is 488 g/mol. The quantitative estimate of drug-likeness (QED) is 0.364. The van der Waals surface area contributed by atoms with Gasteiger partial charge in [-0.25, -0.2) is 0 Å². The van der Waals surface area contributed by atoms with Crippen LogP contribution in [0.3, 0.4) is 0 Å². The molecule has 0 heterocycles. The van der Waals surface area contributed by atoms with Crippen LogP contribution in [0.15, 0.2) is 83.3 Å². The molecule has 0 aliphatic heterocycles. The fourth-order valence-electron chi connectivity index (χ4n) is 3.87. The van der Waals surface area contributed by atoms with Crippen LogP contribution in [0.2, 0.25) is 0 Å². The molecule has 0 unspecified atom stereocenters. The molecule has 0 saturated heterocycles. The number of halogens is 1. The van der Waals surface area contributed by atoms with Crippen LogP contribution in [0.1, 0.15) is 42.5 Å². The van der Waals surface area contributed by atoms with Crippen LogP contribution < -0.4 is 5.32 Å². The predicted octanol–water partition coefficient (Wildman–Crippen LogP) is 5.85. The smallest absolute Gasteiger partial charge is 0.243 e. The molecule has 3 rings (SSSR count). The highest BCUT2D eigenvalue weighted by atomic mass is 79.9. The zero-order chi connectivity index (χ0) is 24.5. The van der Waals surface area contributed by atoms with Gasteiger partial charge in [-0.2, -0.15) is 0 Å². The van der Waals surface area contributed by atoms with E-state index >= 15 is 0 Å². The fraction of sp³-hybridized carbons (Fsp3) is 0.310. The Morgan fingerprint density at radius 2 is 1.47 bits per heavy atom. The molecule has 0 aliphatic rings. The maximum absolute atomic E-state index is 13.6. The van der Waals surface area contributed by atoms with E-state index in [0.29, 0.717) is 25.8 Å². The standard InChI is InChI=1S/C29H33BrN2O2/c1-21(2)31-29(34)27(19-24-7-5-4-6-8-24)32(20-25-13-16-26(30)17-14-25)28(33)18-15-23-11-9-22(3)10-12-23/h4-14,16-17,21,27H,15,18-20H2,1-3H3,(H,31,34)/t27-/m1/s1. The Bertz CT molecular complexity index is 1060. The van der Waals surface area contributed by atoms with Crippen LogP contribution >= 0.6 is 15.9 Å². The Labute approximate surface area is 211 Å².